The van der Waals surface area contributed by atoms with Crippen LogP contribution in [0.3, 0.4) is 0 Å². The Morgan fingerprint density at radius 3 is 3.06 bits per heavy atom. The van der Waals surface area contributed by atoms with Gasteiger partial charge in [-0.2, -0.15) is 0 Å². The predicted molar refractivity (Wildman–Crippen MR) is 64.5 cm³/mol. The van der Waals surface area contributed by atoms with Gasteiger partial charge < -0.3 is 10.1 Å². The first kappa shape index (κ1) is 11.4. The fourth-order valence-corrected chi connectivity index (χ4v) is 2.05. The molecule has 0 amide bonds. The summed E-state index contributed by atoms with van der Waals surface area (Å²) < 4.78 is 5.20. The summed E-state index contributed by atoms with van der Waals surface area (Å²) in [5.74, 6) is 1.71. The van der Waals surface area contributed by atoms with Gasteiger partial charge in [0.25, 0.3) is 0 Å². The molecule has 0 spiro atoms. The van der Waals surface area contributed by atoms with Crippen molar-refractivity contribution < 1.29 is 4.74 Å². The summed E-state index contributed by atoms with van der Waals surface area (Å²) in [4.78, 5) is 4.18. The van der Waals surface area contributed by atoms with Crippen LogP contribution in [0.4, 0.5) is 0 Å². The number of methoxy groups -OCH3 is 1. The topological polar surface area (TPSA) is 34.1 Å². The van der Waals surface area contributed by atoms with Crippen LogP contribution in [-0.2, 0) is 6.54 Å². The molecule has 1 N–H and O–H groups in total. The van der Waals surface area contributed by atoms with Crippen molar-refractivity contribution in [1.82, 2.24) is 10.3 Å². The van der Waals surface area contributed by atoms with Gasteiger partial charge in [0.1, 0.15) is 0 Å². The Balaban J connectivity index is 1.71. The fraction of sp³-hybridized carbons (Fsp3) is 0.615. The van der Waals surface area contributed by atoms with Crippen LogP contribution >= 0.6 is 0 Å². The zero-order valence-electron chi connectivity index (χ0n) is 9.91. The number of aromatic nitrogens is 1. The molecule has 0 unspecified atom stereocenters. The van der Waals surface area contributed by atoms with E-state index in [9.17, 15) is 0 Å². The number of nitrogens with zero attached hydrogens (tertiary/aromatic N) is 1. The molecule has 1 saturated carbocycles. The van der Waals surface area contributed by atoms with Crippen molar-refractivity contribution in [2.75, 3.05) is 13.7 Å². The van der Waals surface area contributed by atoms with E-state index >= 15 is 0 Å². The Hall–Kier alpha value is -1.09. The molecule has 1 fully saturated rings. The second-order valence-corrected chi connectivity index (χ2v) is 4.43. The van der Waals surface area contributed by atoms with Crippen LogP contribution in [0, 0.1) is 5.92 Å². The van der Waals surface area contributed by atoms with Gasteiger partial charge in [-0.15, -0.1) is 0 Å². The molecule has 0 radical (unpaired) electrons. The molecule has 88 valence electrons. The summed E-state index contributed by atoms with van der Waals surface area (Å²) in [5, 5.41) is 3.46. The molecule has 1 aromatic rings. The number of nitrogens with one attached hydrogen (secondary N) is 1. The molecule has 1 aliphatic carbocycles. The molecule has 0 bridgehead atoms. The van der Waals surface area contributed by atoms with Crippen LogP contribution in [0.2, 0.25) is 0 Å². The van der Waals surface area contributed by atoms with Crippen molar-refractivity contribution in [1.29, 1.82) is 0 Å². The van der Waals surface area contributed by atoms with Crippen molar-refractivity contribution in [2.24, 2.45) is 5.92 Å². The first-order valence-corrected chi connectivity index (χ1v) is 6.08. The lowest BCUT2D eigenvalue weighted by atomic mass is 9.83. The van der Waals surface area contributed by atoms with Crippen LogP contribution in [0.15, 0.2) is 18.3 Å². The lowest BCUT2D eigenvalue weighted by Gasteiger charge is -2.25. The highest BCUT2D eigenvalue weighted by Gasteiger charge is 2.16. The monoisotopic (exact) mass is 220 g/mol. The van der Waals surface area contributed by atoms with Gasteiger partial charge in [-0.1, -0.05) is 25.3 Å². The fourth-order valence-electron chi connectivity index (χ4n) is 2.05. The molecule has 1 aliphatic rings. The molecular weight excluding hydrogens is 200 g/mol. The second-order valence-electron chi connectivity index (χ2n) is 4.43. The van der Waals surface area contributed by atoms with Gasteiger partial charge in [-0.3, -0.25) is 0 Å². The van der Waals surface area contributed by atoms with E-state index in [4.69, 9.17) is 4.74 Å². The van der Waals surface area contributed by atoms with Crippen LogP contribution in [0.25, 0.3) is 0 Å². The van der Waals surface area contributed by atoms with Crippen LogP contribution < -0.4 is 10.1 Å². The minimum absolute atomic E-state index is 0.735. The highest BCUT2D eigenvalue weighted by atomic mass is 16.5. The Kier molecular flexibility index (Phi) is 4.17. The van der Waals surface area contributed by atoms with E-state index < -0.39 is 0 Å². The smallest absolute Gasteiger partial charge is 0.217 e. The lowest BCUT2D eigenvalue weighted by molar-refractivity contribution is 0.291. The maximum atomic E-state index is 5.20. The third-order valence-corrected chi connectivity index (χ3v) is 3.31. The Labute approximate surface area is 97.2 Å². The average Bonchev–Trinajstić information content (AvgIpc) is 2.27. The SMILES string of the molecule is COc1ncccc1CNCCC1CCC1. The van der Waals surface area contributed by atoms with Crippen molar-refractivity contribution in [3.63, 3.8) is 0 Å². The Bertz CT molecular complexity index is 323. The number of ether oxygens (including phenoxy) is 1. The summed E-state index contributed by atoms with van der Waals surface area (Å²) in [7, 11) is 1.67. The molecule has 0 saturated heterocycles. The van der Waals surface area contributed by atoms with E-state index in [-0.39, 0.29) is 0 Å². The largest absolute Gasteiger partial charge is 0.481 e. The Morgan fingerprint density at radius 1 is 1.50 bits per heavy atom. The van der Waals surface area contributed by atoms with E-state index in [2.05, 4.69) is 16.4 Å². The summed E-state index contributed by atoms with van der Waals surface area (Å²) >= 11 is 0. The average molecular weight is 220 g/mol. The van der Waals surface area contributed by atoms with Gasteiger partial charge in [0.05, 0.1) is 7.11 Å². The Morgan fingerprint density at radius 2 is 2.38 bits per heavy atom. The van der Waals surface area contributed by atoms with Crippen LogP contribution in [-0.4, -0.2) is 18.6 Å². The van der Waals surface area contributed by atoms with Gasteiger partial charge in [-0.25, -0.2) is 4.98 Å². The quantitative estimate of drug-likeness (QED) is 0.747. The van der Waals surface area contributed by atoms with Gasteiger partial charge >= 0.3 is 0 Å². The van der Waals surface area contributed by atoms with E-state index in [0.29, 0.717) is 0 Å². The van der Waals surface area contributed by atoms with Crippen LogP contribution in [0.5, 0.6) is 5.88 Å². The molecule has 3 nitrogen and oxygen atoms in total. The third-order valence-electron chi connectivity index (χ3n) is 3.31. The molecule has 3 heteroatoms. The second kappa shape index (κ2) is 5.85. The first-order valence-electron chi connectivity index (χ1n) is 6.08. The van der Waals surface area contributed by atoms with E-state index in [1.807, 2.05) is 6.07 Å². The molecule has 1 aromatic heterocycles. The van der Waals surface area contributed by atoms with E-state index in [1.165, 1.54) is 25.7 Å². The molecule has 1 heterocycles. The number of pyridine rings is 1. The summed E-state index contributed by atoms with van der Waals surface area (Å²) in [5.41, 5.74) is 1.14. The molecule has 16 heavy (non-hydrogen) atoms. The molecule has 2 rings (SSSR count). The summed E-state index contributed by atoms with van der Waals surface area (Å²) in [6.45, 7) is 1.95. The predicted octanol–water partition coefficient (Wildman–Crippen LogP) is 2.37. The van der Waals surface area contributed by atoms with Gasteiger partial charge in [0.2, 0.25) is 5.88 Å². The third kappa shape index (κ3) is 2.95. The molecule has 0 aliphatic heterocycles. The maximum Gasteiger partial charge on any atom is 0.217 e. The summed E-state index contributed by atoms with van der Waals surface area (Å²) in [6.07, 6.45) is 7.36. The standard InChI is InChI=1S/C13H20N2O/c1-16-13-12(6-3-8-15-13)10-14-9-7-11-4-2-5-11/h3,6,8,11,14H,2,4-5,7,9-10H2,1H3. The van der Waals surface area contributed by atoms with Gasteiger partial charge in [0, 0.05) is 18.3 Å². The summed E-state index contributed by atoms with van der Waals surface area (Å²) in [6, 6.07) is 4.01. The normalized spacial score (nSPS) is 15.8. The number of rotatable bonds is 6. The van der Waals surface area contributed by atoms with Crippen molar-refractivity contribution in [2.45, 2.75) is 32.2 Å². The van der Waals surface area contributed by atoms with Crippen molar-refractivity contribution in [3.05, 3.63) is 23.9 Å². The zero-order valence-corrected chi connectivity index (χ0v) is 9.91. The van der Waals surface area contributed by atoms with E-state index in [0.717, 1.165) is 30.5 Å². The minimum Gasteiger partial charge on any atom is -0.481 e. The molecule has 0 aromatic carbocycles. The first-order chi connectivity index (χ1) is 7.90. The van der Waals surface area contributed by atoms with E-state index in [1.54, 1.807) is 13.3 Å². The van der Waals surface area contributed by atoms with Gasteiger partial charge in [0.15, 0.2) is 0 Å². The highest BCUT2D eigenvalue weighted by molar-refractivity contribution is 5.24. The van der Waals surface area contributed by atoms with Crippen molar-refractivity contribution >= 4 is 0 Å². The van der Waals surface area contributed by atoms with Crippen molar-refractivity contribution in [3.8, 4) is 5.88 Å². The molecular formula is C13H20N2O. The van der Waals surface area contributed by atoms with Crippen LogP contribution in [0.1, 0.15) is 31.2 Å². The highest BCUT2D eigenvalue weighted by Crippen LogP contribution is 2.28. The molecule has 0 atom stereocenters. The minimum atomic E-state index is 0.735. The number of hydrogen-bond acceptors (Lipinski definition) is 3. The lowest BCUT2D eigenvalue weighted by Crippen LogP contribution is -2.21. The van der Waals surface area contributed by atoms with Gasteiger partial charge in [-0.05, 0) is 24.9 Å². The number of hydrogen-bond donors (Lipinski definition) is 1. The maximum absolute atomic E-state index is 5.20. The zero-order chi connectivity index (χ0) is 11.2.